The van der Waals surface area contributed by atoms with Gasteiger partial charge in [-0.3, -0.25) is 14.1 Å². The highest BCUT2D eigenvalue weighted by molar-refractivity contribution is 7.84. The maximum absolute atomic E-state index is 13.0. The molecule has 1 unspecified atom stereocenters. The van der Waals surface area contributed by atoms with Crippen LogP contribution in [0.25, 0.3) is 21.8 Å². The summed E-state index contributed by atoms with van der Waals surface area (Å²) in [6, 6.07) is 24.6. The Morgan fingerprint density at radius 1 is 1.00 bits per heavy atom. The Morgan fingerprint density at radius 2 is 1.81 bits per heavy atom. The average molecular weight is 499 g/mol. The van der Waals surface area contributed by atoms with E-state index in [4.69, 9.17) is 4.74 Å². The number of ether oxygens (including phenoxy) is 1. The molecule has 7 heteroatoms. The number of aromatic amines is 1. The number of H-pyrrole nitrogens is 1. The van der Waals surface area contributed by atoms with E-state index in [0.29, 0.717) is 11.8 Å². The van der Waals surface area contributed by atoms with E-state index in [1.54, 1.807) is 6.20 Å². The number of hydrogen-bond donors (Lipinski definition) is 1. The number of para-hydroxylation sites is 2. The van der Waals surface area contributed by atoms with Gasteiger partial charge in [-0.25, -0.2) is 4.98 Å². The van der Waals surface area contributed by atoms with Crippen LogP contribution < -0.4 is 4.74 Å². The van der Waals surface area contributed by atoms with Gasteiger partial charge >= 0.3 is 0 Å². The number of nitrogens with one attached hydrogen (secondary N) is 1. The molecule has 2 heterocycles. The van der Waals surface area contributed by atoms with Crippen LogP contribution in [-0.2, 0) is 23.1 Å². The molecule has 0 amide bonds. The van der Waals surface area contributed by atoms with Crippen LogP contribution in [0.4, 0.5) is 0 Å². The van der Waals surface area contributed by atoms with Crippen molar-refractivity contribution in [3.05, 3.63) is 95.8 Å². The SMILES string of the molecule is CCN(CCOc1ccnc(CS(=O)c2nc3ccccc3[nH]2)c1C)Cc1cccc2ccccc12. The van der Waals surface area contributed by atoms with Crippen LogP contribution in [0.5, 0.6) is 5.75 Å². The Hall–Kier alpha value is -3.55. The van der Waals surface area contributed by atoms with Gasteiger partial charge in [0.25, 0.3) is 0 Å². The highest BCUT2D eigenvalue weighted by Gasteiger charge is 2.15. The minimum Gasteiger partial charge on any atom is -0.492 e. The minimum atomic E-state index is -1.33. The summed E-state index contributed by atoms with van der Waals surface area (Å²) in [5, 5.41) is 3.03. The van der Waals surface area contributed by atoms with Crippen molar-refractivity contribution in [1.82, 2.24) is 19.9 Å². The summed E-state index contributed by atoms with van der Waals surface area (Å²) >= 11 is 0. The Morgan fingerprint density at radius 3 is 2.67 bits per heavy atom. The summed E-state index contributed by atoms with van der Waals surface area (Å²) in [5.74, 6) is 1.06. The Kier molecular flexibility index (Phi) is 7.39. The summed E-state index contributed by atoms with van der Waals surface area (Å²) in [6.45, 7) is 7.33. The van der Waals surface area contributed by atoms with E-state index >= 15 is 0 Å². The van der Waals surface area contributed by atoms with Gasteiger partial charge in [-0.2, -0.15) is 0 Å². The van der Waals surface area contributed by atoms with Crippen molar-refractivity contribution >= 4 is 32.6 Å². The van der Waals surface area contributed by atoms with Gasteiger partial charge in [-0.1, -0.05) is 61.5 Å². The zero-order chi connectivity index (χ0) is 24.9. The van der Waals surface area contributed by atoms with Crippen molar-refractivity contribution in [3.8, 4) is 5.75 Å². The van der Waals surface area contributed by atoms with Gasteiger partial charge in [-0.15, -0.1) is 0 Å². The topological polar surface area (TPSA) is 71.1 Å². The first-order valence-electron chi connectivity index (χ1n) is 12.2. The molecule has 0 bridgehead atoms. The van der Waals surface area contributed by atoms with Crippen LogP contribution >= 0.6 is 0 Å². The molecular formula is C29H30N4O2S. The molecule has 0 aliphatic carbocycles. The van der Waals surface area contributed by atoms with Crippen molar-refractivity contribution in [2.75, 3.05) is 19.7 Å². The molecule has 184 valence electrons. The molecule has 0 aliphatic heterocycles. The van der Waals surface area contributed by atoms with E-state index in [9.17, 15) is 4.21 Å². The van der Waals surface area contributed by atoms with E-state index in [1.807, 2.05) is 37.3 Å². The number of imidazole rings is 1. The molecule has 5 aromatic rings. The molecule has 0 saturated heterocycles. The molecular weight excluding hydrogens is 468 g/mol. The van der Waals surface area contributed by atoms with Crippen molar-refractivity contribution in [2.45, 2.75) is 31.3 Å². The van der Waals surface area contributed by atoms with Crippen molar-refractivity contribution in [2.24, 2.45) is 0 Å². The lowest BCUT2D eigenvalue weighted by molar-refractivity contribution is 0.209. The lowest BCUT2D eigenvalue weighted by atomic mass is 10.0. The van der Waals surface area contributed by atoms with Gasteiger partial charge in [0.2, 0.25) is 0 Å². The summed E-state index contributed by atoms with van der Waals surface area (Å²) in [6.07, 6.45) is 1.72. The van der Waals surface area contributed by atoms with E-state index < -0.39 is 10.8 Å². The van der Waals surface area contributed by atoms with Gasteiger partial charge < -0.3 is 9.72 Å². The Balaban J connectivity index is 1.22. The number of nitrogens with zero attached hydrogens (tertiary/aromatic N) is 3. The molecule has 1 N–H and O–H groups in total. The number of rotatable bonds is 10. The first kappa shape index (κ1) is 24.2. The van der Waals surface area contributed by atoms with E-state index in [1.165, 1.54) is 16.3 Å². The molecule has 0 fully saturated rings. The first-order chi connectivity index (χ1) is 17.6. The third-order valence-electron chi connectivity index (χ3n) is 6.50. The number of likely N-dealkylation sites (N-methyl/N-ethyl adjacent to an activating group) is 1. The van der Waals surface area contributed by atoms with Gasteiger partial charge in [0.1, 0.15) is 12.4 Å². The second kappa shape index (κ2) is 11.0. The Labute approximate surface area is 213 Å². The second-order valence-electron chi connectivity index (χ2n) is 8.79. The third-order valence-corrected chi connectivity index (χ3v) is 7.66. The zero-order valence-electron chi connectivity index (χ0n) is 20.6. The monoisotopic (exact) mass is 498 g/mol. The van der Waals surface area contributed by atoms with Crippen LogP contribution in [-0.4, -0.2) is 43.8 Å². The predicted octanol–water partition coefficient (Wildman–Crippen LogP) is 5.63. The fraction of sp³-hybridized carbons (Fsp3) is 0.241. The van der Waals surface area contributed by atoms with Crippen molar-refractivity contribution in [3.63, 3.8) is 0 Å². The Bertz CT molecular complexity index is 1480. The molecule has 0 saturated carbocycles. The summed E-state index contributed by atoms with van der Waals surface area (Å²) in [7, 11) is -1.33. The summed E-state index contributed by atoms with van der Waals surface area (Å²) in [4.78, 5) is 14.5. The highest BCUT2D eigenvalue weighted by atomic mass is 32.2. The number of aromatic nitrogens is 3. The predicted molar refractivity (Wildman–Crippen MR) is 146 cm³/mol. The lowest BCUT2D eigenvalue weighted by Crippen LogP contribution is -2.28. The fourth-order valence-corrected chi connectivity index (χ4v) is 5.50. The molecule has 0 aliphatic rings. The zero-order valence-corrected chi connectivity index (χ0v) is 21.4. The number of pyridine rings is 1. The van der Waals surface area contributed by atoms with Crippen LogP contribution in [0, 0.1) is 6.92 Å². The quantitative estimate of drug-likeness (QED) is 0.270. The van der Waals surface area contributed by atoms with Crippen molar-refractivity contribution < 1.29 is 8.95 Å². The number of benzene rings is 3. The lowest BCUT2D eigenvalue weighted by Gasteiger charge is -2.22. The van der Waals surface area contributed by atoms with Gasteiger partial charge in [0, 0.05) is 24.8 Å². The molecule has 1 atom stereocenters. The first-order valence-corrected chi connectivity index (χ1v) is 13.5. The summed E-state index contributed by atoms with van der Waals surface area (Å²) < 4.78 is 19.2. The normalized spacial score (nSPS) is 12.4. The van der Waals surface area contributed by atoms with Crippen LogP contribution in [0.2, 0.25) is 0 Å². The molecule has 6 nitrogen and oxygen atoms in total. The highest BCUT2D eigenvalue weighted by Crippen LogP contribution is 2.23. The number of hydrogen-bond acceptors (Lipinski definition) is 5. The molecule has 0 radical (unpaired) electrons. The van der Waals surface area contributed by atoms with E-state index in [0.717, 1.165) is 47.7 Å². The fourth-order valence-electron chi connectivity index (χ4n) is 4.40. The van der Waals surface area contributed by atoms with E-state index in [-0.39, 0.29) is 5.75 Å². The standard InChI is InChI=1S/C29H30N4O2S/c1-3-33(19-23-11-8-10-22-9-4-5-12-24(22)23)17-18-35-28-15-16-30-27(21(28)2)20-36(34)29-31-25-13-6-7-14-26(25)32-29/h4-16H,3,17-20H2,1-2H3,(H,31,32). The average Bonchev–Trinajstić information content (AvgIpc) is 3.35. The van der Waals surface area contributed by atoms with Crippen LogP contribution in [0.3, 0.4) is 0 Å². The largest absolute Gasteiger partial charge is 0.492 e. The molecule has 3 aromatic carbocycles. The number of fused-ring (bicyclic) bond motifs is 2. The van der Waals surface area contributed by atoms with Crippen LogP contribution in [0.1, 0.15) is 23.7 Å². The maximum Gasteiger partial charge on any atom is 0.197 e. The minimum absolute atomic E-state index is 0.283. The van der Waals surface area contributed by atoms with Crippen molar-refractivity contribution in [1.29, 1.82) is 0 Å². The maximum atomic E-state index is 13.0. The molecule has 0 spiro atoms. The summed E-state index contributed by atoms with van der Waals surface area (Å²) in [5.41, 5.74) is 4.69. The van der Waals surface area contributed by atoms with Crippen LogP contribution in [0.15, 0.2) is 84.1 Å². The van der Waals surface area contributed by atoms with E-state index in [2.05, 4.69) is 69.2 Å². The molecule has 2 aromatic heterocycles. The van der Waals surface area contributed by atoms with Gasteiger partial charge in [0.05, 0.1) is 33.3 Å². The smallest absolute Gasteiger partial charge is 0.197 e. The second-order valence-corrected chi connectivity index (χ2v) is 10.2. The third kappa shape index (κ3) is 5.32. The molecule has 36 heavy (non-hydrogen) atoms. The molecule has 5 rings (SSSR count). The van der Waals surface area contributed by atoms with Gasteiger partial charge in [0.15, 0.2) is 5.16 Å². The van der Waals surface area contributed by atoms with Gasteiger partial charge in [-0.05, 0) is 48.0 Å².